The summed E-state index contributed by atoms with van der Waals surface area (Å²) in [7, 11) is 0. The van der Waals surface area contributed by atoms with Crippen LogP contribution in [0.5, 0.6) is 0 Å². The zero-order valence-corrected chi connectivity index (χ0v) is 14.0. The SMILES string of the molecule is Cc1cc(CN2CCN(C(=O)c3ccc(C)c(C)c3)CC2)no1. The maximum Gasteiger partial charge on any atom is 0.253 e. The number of aryl methyl sites for hydroxylation is 3. The zero-order chi connectivity index (χ0) is 16.4. The normalized spacial score (nSPS) is 15.9. The molecule has 0 N–H and O–H groups in total. The van der Waals surface area contributed by atoms with Gasteiger partial charge in [-0.25, -0.2) is 0 Å². The number of hydrogen-bond donors (Lipinski definition) is 0. The third-order valence-corrected chi connectivity index (χ3v) is 4.48. The molecule has 2 aromatic rings. The minimum absolute atomic E-state index is 0.130. The Morgan fingerprint density at radius 3 is 2.43 bits per heavy atom. The van der Waals surface area contributed by atoms with Crippen LogP contribution in [0.25, 0.3) is 0 Å². The first-order chi connectivity index (χ1) is 11.0. The number of amides is 1. The van der Waals surface area contributed by atoms with Gasteiger partial charge in [0.15, 0.2) is 0 Å². The zero-order valence-electron chi connectivity index (χ0n) is 14.0. The quantitative estimate of drug-likeness (QED) is 0.874. The molecule has 5 nitrogen and oxygen atoms in total. The Balaban J connectivity index is 1.57. The van der Waals surface area contributed by atoms with Gasteiger partial charge >= 0.3 is 0 Å². The van der Waals surface area contributed by atoms with Crippen molar-refractivity contribution in [1.29, 1.82) is 0 Å². The Labute approximate surface area is 136 Å². The van der Waals surface area contributed by atoms with E-state index in [9.17, 15) is 4.79 Å². The molecule has 1 amide bonds. The van der Waals surface area contributed by atoms with Gasteiger partial charge in [-0.2, -0.15) is 0 Å². The van der Waals surface area contributed by atoms with Crippen molar-refractivity contribution in [3.63, 3.8) is 0 Å². The van der Waals surface area contributed by atoms with Crippen molar-refractivity contribution in [2.75, 3.05) is 26.2 Å². The summed E-state index contributed by atoms with van der Waals surface area (Å²) in [5, 5.41) is 4.03. The number of carbonyl (C=O) groups is 1. The highest BCUT2D eigenvalue weighted by atomic mass is 16.5. The molecule has 2 heterocycles. The lowest BCUT2D eigenvalue weighted by Gasteiger charge is -2.34. The minimum atomic E-state index is 0.130. The molecule has 0 aliphatic carbocycles. The molecule has 0 saturated carbocycles. The van der Waals surface area contributed by atoms with Gasteiger partial charge in [-0.05, 0) is 44.0 Å². The summed E-state index contributed by atoms with van der Waals surface area (Å²) < 4.78 is 5.10. The molecular formula is C18H23N3O2. The lowest BCUT2D eigenvalue weighted by Crippen LogP contribution is -2.48. The van der Waals surface area contributed by atoms with Crippen LogP contribution in [0.15, 0.2) is 28.8 Å². The van der Waals surface area contributed by atoms with E-state index in [0.717, 1.165) is 55.3 Å². The van der Waals surface area contributed by atoms with Gasteiger partial charge in [0.25, 0.3) is 5.91 Å². The third-order valence-electron chi connectivity index (χ3n) is 4.48. The summed E-state index contributed by atoms with van der Waals surface area (Å²) in [4.78, 5) is 16.9. The average molecular weight is 313 g/mol. The number of carbonyl (C=O) groups excluding carboxylic acids is 1. The summed E-state index contributed by atoms with van der Waals surface area (Å²) in [5.74, 6) is 0.966. The fourth-order valence-corrected chi connectivity index (χ4v) is 2.89. The molecule has 0 spiro atoms. The van der Waals surface area contributed by atoms with E-state index in [4.69, 9.17) is 4.52 Å². The maximum atomic E-state index is 12.6. The van der Waals surface area contributed by atoms with E-state index in [2.05, 4.69) is 17.0 Å². The molecule has 3 rings (SSSR count). The number of rotatable bonds is 3. The Morgan fingerprint density at radius 1 is 1.09 bits per heavy atom. The summed E-state index contributed by atoms with van der Waals surface area (Å²) in [6.45, 7) is 10.0. The second kappa shape index (κ2) is 6.54. The Morgan fingerprint density at radius 2 is 1.83 bits per heavy atom. The Bertz CT molecular complexity index is 700. The van der Waals surface area contributed by atoms with Crippen LogP contribution in [0.4, 0.5) is 0 Å². The minimum Gasteiger partial charge on any atom is -0.361 e. The highest BCUT2D eigenvalue weighted by Crippen LogP contribution is 2.14. The largest absolute Gasteiger partial charge is 0.361 e. The molecule has 0 bridgehead atoms. The smallest absolute Gasteiger partial charge is 0.253 e. The highest BCUT2D eigenvalue weighted by Gasteiger charge is 2.22. The van der Waals surface area contributed by atoms with Crippen LogP contribution in [0.2, 0.25) is 0 Å². The van der Waals surface area contributed by atoms with Crippen LogP contribution in [0, 0.1) is 20.8 Å². The fraction of sp³-hybridized carbons (Fsp3) is 0.444. The van der Waals surface area contributed by atoms with Crippen LogP contribution in [0.3, 0.4) is 0 Å². The van der Waals surface area contributed by atoms with Gasteiger partial charge < -0.3 is 9.42 Å². The van der Waals surface area contributed by atoms with Gasteiger partial charge in [0.05, 0.1) is 5.69 Å². The van der Waals surface area contributed by atoms with Gasteiger partial charge in [-0.3, -0.25) is 9.69 Å². The van der Waals surface area contributed by atoms with Gasteiger partial charge in [-0.1, -0.05) is 11.2 Å². The monoisotopic (exact) mass is 313 g/mol. The van der Waals surface area contributed by atoms with Crippen molar-refractivity contribution in [2.45, 2.75) is 27.3 Å². The molecule has 1 saturated heterocycles. The van der Waals surface area contributed by atoms with E-state index in [1.807, 2.05) is 43.0 Å². The maximum absolute atomic E-state index is 12.6. The van der Waals surface area contributed by atoms with Crippen molar-refractivity contribution in [3.8, 4) is 0 Å². The lowest BCUT2D eigenvalue weighted by molar-refractivity contribution is 0.0625. The predicted octanol–water partition coefficient (Wildman–Crippen LogP) is 2.56. The molecule has 1 aliphatic heterocycles. The molecule has 1 fully saturated rings. The number of benzene rings is 1. The van der Waals surface area contributed by atoms with Crippen molar-refractivity contribution in [3.05, 3.63) is 52.4 Å². The molecule has 1 aromatic heterocycles. The molecule has 1 aromatic carbocycles. The highest BCUT2D eigenvalue weighted by molar-refractivity contribution is 5.94. The van der Waals surface area contributed by atoms with Crippen LogP contribution in [0.1, 0.15) is 32.9 Å². The van der Waals surface area contributed by atoms with Crippen molar-refractivity contribution < 1.29 is 9.32 Å². The first-order valence-corrected chi connectivity index (χ1v) is 8.04. The molecule has 0 radical (unpaired) electrons. The molecule has 23 heavy (non-hydrogen) atoms. The molecule has 0 unspecified atom stereocenters. The van der Waals surface area contributed by atoms with Crippen LogP contribution in [-0.2, 0) is 6.54 Å². The predicted molar refractivity (Wildman–Crippen MR) is 88.3 cm³/mol. The van der Waals surface area contributed by atoms with E-state index in [1.165, 1.54) is 5.56 Å². The van der Waals surface area contributed by atoms with E-state index < -0.39 is 0 Å². The van der Waals surface area contributed by atoms with Crippen LogP contribution < -0.4 is 0 Å². The van der Waals surface area contributed by atoms with Gasteiger partial charge in [0.1, 0.15) is 5.76 Å². The van der Waals surface area contributed by atoms with Gasteiger partial charge in [-0.15, -0.1) is 0 Å². The van der Waals surface area contributed by atoms with Gasteiger partial charge in [0.2, 0.25) is 0 Å². The summed E-state index contributed by atoms with van der Waals surface area (Å²) in [6, 6.07) is 7.90. The third kappa shape index (κ3) is 3.62. The number of piperazine rings is 1. The topological polar surface area (TPSA) is 49.6 Å². The first-order valence-electron chi connectivity index (χ1n) is 8.04. The van der Waals surface area contributed by atoms with Crippen molar-refractivity contribution in [2.24, 2.45) is 0 Å². The first kappa shape index (κ1) is 15.7. The van der Waals surface area contributed by atoms with E-state index >= 15 is 0 Å². The van der Waals surface area contributed by atoms with E-state index in [-0.39, 0.29) is 5.91 Å². The molecule has 5 heteroatoms. The Kier molecular flexibility index (Phi) is 4.48. The van der Waals surface area contributed by atoms with Crippen LogP contribution >= 0.6 is 0 Å². The standard InChI is InChI=1S/C18H23N3O2/c1-13-4-5-16(10-14(13)2)18(22)21-8-6-20(7-9-21)12-17-11-15(3)23-19-17/h4-5,10-11H,6-9,12H2,1-3H3. The number of hydrogen-bond acceptors (Lipinski definition) is 4. The van der Waals surface area contributed by atoms with Gasteiger partial charge in [0, 0.05) is 44.4 Å². The van der Waals surface area contributed by atoms with Crippen LogP contribution in [-0.4, -0.2) is 47.0 Å². The van der Waals surface area contributed by atoms with E-state index in [1.54, 1.807) is 0 Å². The summed E-state index contributed by atoms with van der Waals surface area (Å²) in [6.07, 6.45) is 0. The molecule has 122 valence electrons. The Hall–Kier alpha value is -2.14. The molecule has 0 atom stereocenters. The number of aromatic nitrogens is 1. The van der Waals surface area contributed by atoms with Crippen molar-refractivity contribution >= 4 is 5.91 Å². The lowest BCUT2D eigenvalue weighted by atomic mass is 10.1. The fourth-order valence-electron chi connectivity index (χ4n) is 2.89. The molecule has 1 aliphatic rings. The second-order valence-electron chi connectivity index (χ2n) is 6.30. The van der Waals surface area contributed by atoms with E-state index in [0.29, 0.717) is 0 Å². The average Bonchev–Trinajstić information content (AvgIpc) is 2.95. The van der Waals surface area contributed by atoms with Crippen molar-refractivity contribution in [1.82, 2.24) is 15.0 Å². The number of nitrogens with zero attached hydrogens (tertiary/aromatic N) is 3. The second-order valence-corrected chi connectivity index (χ2v) is 6.30. The molecular weight excluding hydrogens is 290 g/mol. The summed E-state index contributed by atoms with van der Waals surface area (Å²) in [5.41, 5.74) is 4.12. The summed E-state index contributed by atoms with van der Waals surface area (Å²) >= 11 is 0.